The first-order valence-electron chi connectivity index (χ1n) is 6.93. The Kier molecular flexibility index (Phi) is 4.30. The van der Waals surface area contributed by atoms with Gasteiger partial charge in [-0.25, -0.2) is 4.39 Å². The Bertz CT molecular complexity index is 438. The molecule has 4 heteroatoms. The van der Waals surface area contributed by atoms with E-state index in [0.717, 1.165) is 6.42 Å². The van der Waals surface area contributed by atoms with Crippen molar-refractivity contribution in [2.45, 2.75) is 44.8 Å². The first kappa shape index (κ1) is 14.1. The maximum absolute atomic E-state index is 14.9. The van der Waals surface area contributed by atoms with E-state index >= 15 is 0 Å². The topological polar surface area (TPSA) is 44.5 Å². The van der Waals surface area contributed by atoms with Crippen LogP contribution in [-0.4, -0.2) is 19.3 Å². The van der Waals surface area contributed by atoms with Gasteiger partial charge in [0, 0.05) is 12.5 Å². The first-order valence-corrected chi connectivity index (χ1v) is 6.93. The summed E-state index contributed by atoms with van der Waals surface area (Å²) in [5.41, 5.74) is 5.15. The molecular weight excluding hydrogens is 245 g/mol. The van der Waals surface area contributed by atoms with E-state index in [1.807, 2.05) is 13.8 Å². The minimum atomic E-state index is -1.32. The van der Waals surface area contributed by atoms with Crippen LogP contribution < -0.4 is 15.2 Å². The van der Waals surface area contributed by atoms with E-state index < -0.39 is 5.67 Å². The molecule has 2 atom stereocenters. The molecule has 3 nitrogen and oxygen atoms in total. The van der Waals surface area contributed by atoms with Crippen LogP contribution in [0.3, 0.4) is 0 Å². The maximum Gasteiger partial charge on any atom is 0.161 e. The fourth-order valence-corrected chi connectivity index (χ4v) is 2.63. The number of hydrogen-bond acceptors (Lipinski definition) is 3. The van der Waals surface area contributed by atoms with Gasteiger partial charge in [-0.05, 0) is 44.4 Å². The molecule has 0 aliphatic heterocycles. The lowest BCUT2D eigenvalue weighted by Crippen LogP contribution is -2.21. The van der Waals surface area contributed by atoms with Crippen LogP contribution in [0.1, 0.15) is 38.7 Å². The quantitative estimate of drug-likeness (QED) is 0.891. The highest BCUT2D eigenvalue weighted by Crippen LogP contribution is 2.44. The van der Waals surface area contributed by atoms with Gasteiger partial charge in [0.15, 0.2) is 11.5 Å². The molecule has 1 aliphatic carbocycles. The number of ether oxygens (including phenoxy) is 2. The summed E-state index contributed by atoms with van der Waals surface area (Å²) in [5, 5.41) is 0. The van der Waals surface area contributed by atoms with Gasteiger partial charge in [-0.3, -0.25) is 0 Å². The normalized spacial score (nSPS) is 26.4. The molecule has 1 aromatic carbocycles. The third-order valence-electron chi connectivity index (χ3n) is 3.56. The van der Waals surface area contributed by atoms with E-state index in [0.29, 0.717) is 43.1 Å². The molecule has 0 aromatic heterocycles. The first-order chi connectivity index (χ1) is 9.09. The summed E-state index contributed by atoms with van der Waals surface area (Å²) in [6, 6.07) is 5.28. The lowest BCUT2D eigenvalue weighted by Gasteiger charge is -2.21. The van der Waals surface area contributed by atoms with Gasteiger partial charge in [0.2, 0.25) is 0 Å². The van der Waals surface area contributed by atoms with E-state index in [9.17, 15) is 4.39 Å². The van der Waals surface area contributed by atoms with Crippen LogP contribution in [0.2, 0.25) is 0 Å². The summed E-state index contributed by atoms with van der Waals surface area (Å²) in [6.07, 6.45) is 1.59. The van der Waals surface area contributed by atoms with Crippen molar-refractivity contribution in [1.29, 1.82) is 0 Å². The molecule has 0 spiro atoms. The number of benzene rings is 1. The van der Waals surface area contributed by atoms with Gasteiger partial charge in [-0.15, -0.1) is 0 Å². The van der Waals surface area contributed by atoms with Crippen molar-refractivity contribution in [2.75, 3.05) is 13.2 Å². The fourth-order valence-electron chi connectivity index (χ4n) is 2.63. The largest absolute Gasteiger partial charge is 0.490 e. The number of alkyl halides is 1. The van der Waals surface area contributed by atoms with Crippen LogP contribution in [0.5, 0.6) is 11.5 Å². The molecule has 19 heavy (non-hydrogen) atoms. The molecule has 1 aliphatic rings. The van der Waals surface area contributed by atoms with Crippen molar-refractivity contribution < 1.29 is 13.9 Å². The Balaban J connectivity index is 2.29. The maximum atomic E-state index is 14.9. The molecule has 1 saturated carbocycles. The lowest BCUT2D eigenvalue weighted by atomic mass is 9.93. The van der Waals surface area contributed by atoms with Crippen molar-refractivity contribution in [3.63, 3.8) is 0 Å². The predicted molar refractivity (Wildman–Crippen MR) is 73.4 cm³/mol. The SMILES string of the molecule is CCOc1ccc(C2(F)CCC(N)C2)cc1OCC. The summed E-state index contributed by atoms with van der Waals surface area (Å²) in [4.78, 5) is 0. The molecule has 0 bridgehead atoms. The minimum absolute atomic E-state index is 0.0490. The molecule has 0 heterocycles. The standard InChI is InChI=1S/C15H22FNO2/c1-3-18-13-6-5-11(9-14(13)19-4-2)15(16)8-7-12(17)10-15/h5-6,9,12H,3-4,7-8,10,17H2,1-2H3. The average Bonchev–Trinajstić information content (AvgIpc) is 2.73. The predicted octanol–water partition coefficient (Wildman–Crippen LogP) is 3.16. The van der Waals surface area contributed by atoms with Gasteiger partial charge in [0.1, 0.15) is 5.67 Å². The molecule has 2 N–H and O–H groups in total. The summed E-state index contributed by atoms with van der Waals surface area (Å²) >= 11 is 0. The highest BCUT2D eigenvalue weighted by molar-refractivity contribution is 5.45. The second-order valence-electron chi connectivity index (χ2n) is 5.00. The summed E-state index contributed by atoms with van der Waals surface area (Å²) in [6.45, 7) is 4.91. The Hall–Kier alpha value is -1.29. The zero-order valence-electron chi connectivity index (χ0n) is 11.6. The smallest absolute Gasteiger partial charge is 0.161 e. The zero-order chi connectivity index (χ0) is 13.9. The molecule has 2 unspecified atom stereocenters. The van der Waals surface area contributed by atoms with Crippen molar-refractivity contribution in [3.8, 4) is 11.5 Å². The molecule has 2 rings (SSSR count). The van der Waals surface area contributed by atoms with Crippen molar-refractivity contribution in [1.82, 2.24) is 0 Å². The third-order valence-corrected chi connectivity index (χ3v) is 3.56. The highest BCUT2D eigenvalue weighted by atomic mass is 19.1. The Labute approximate surface area is 113 Å². The van der Waals surface area contributed by atoms with Gasteiger partial charge in [-0.1, -0.05) is 6.07 Å². The van der Waals surface area contributed by atoms with E-state index in [1.54, 1.807) is 18.2 Å². The summed E-state index contributed by atoms with van der Waals surface area (Å²) < 4.78 is 25.9. The van der Waals surface area contributed by atoms with E-state index in [4.69, 9.17) is 15.2 Å². The summed E-state index contributed by atoms with van der Waals surface area (Å²) in [5.74, 6) is 1.28. The van der Waals surface area contributed by atoms with E-state index in [-0.39, 0.29) is 6.04 Å². The molecule has 0 amide bonds. The Morgan fingerprint density at radius 1 is 1.26 bits per heavy atom. The van der Waals surface area contributed by atoms with Crippen molar-refractivity contribution in [3.05, 3.63) is 23.8 Å². The van der Waals surface area contributed by atoms with E-state index in [2.05, 4.69) is 0 Å². The second-order valence-corrected chi connectivity index (χ2v) is 5.00. The summed E-state index contributed by atoms with van der Waals surface area (Å²) in [7, 11) is 0. The molecule has 1 fully saturated rings. The minimum Gasteiger partial charge on any atom is -0.490 e. The monoisotopic (exact) mass is 267 g/mol. The lowest BCUT2D eigenvalue weighted by molar-refractivity contribution is 0.171. The van der Waals surface area contributed by atoms with Crippen molar-refractivity contribution in [2.24, 2.45) is 5.73 Å². The van der Waals surface area contributed by atoms with E-state index in [1.165, 1.54) is 0 Å². The molecule has 106 valence electrons. The van der Waals surface area contributed by atoms with Gasteiger partial charge in [0.05, 0.1) is 13.2 Å². The second kappa shape index (κ2) is 5.78. The number of rotatable bonds is 5. The van der Waals surface area contributed by atoms with Crippen molar-refractivity contribution >= 4 is 0 Å². The fraction of sp³-hybridized carbons (Fsp3) is 0.600. The molecule has 1 aromatic rings. The Morgan fingerprint density at radius 2 is 1.95 bits per heavy atom. The van der Waals surface area contributed by atoms with Gasteiger partial charge < -0.3 is 15.2 Å². The van der Waals surface area contributed by atoms with Crippen LogP contribution in [0, 0.1) is 0 Å². The molecule has 0 saturated heterocycles. The van der Waals surface area contributed by atoms with Gasteiger partial charge in [0.25, 0.3) is 0 Å². The third kappa shape index (κ3) is 3.00. The number of nitrogens with two attached hydrogens (primary N) is 1. The molecular formula is C15H22FNO2. The van der Waals surface area contributed by atoms with Crippen LogP contribution in [0.25, 0.3) is 0 Å². The Morgan fingerprint density at radius 3 is 2.53 bits per heavy atom. The van der Waals surface area contributed by atoms with Gasteiger partial charge >= 0.3 is 0 Å². The molecule has 0 radical (unpaired) electrons. The number of hydrogen-bond donors (Lipinski definition) is 1. The highest BCUT2D eigenvalue weighted by Gasteiger charge is 2.40. The van der Waals surface area contributed by atoms with Crippen LogP contribution in [-0.2, 0) is 5.67 Å². The van der Waals surface area contributed by atoms with Crippen LogP contribution >= 0.6 is 0 Å². The number of halogens is 1. The van der Waals surface area contributed by atoms with Crippen LogP contribution in [0.15, 0.2) is 18.2 Å². The zero-order valence-corrected chi connectivity index (χ0v) is 11.6. The van der Waals surface area contributed by atoms with Crippen LogP contribution in [0.4, 0.5) is 4.39 Å². The average molecular weight is 267 g/mol. The van der Waals surface area contributed by atoms with Gasteiger partial charge in [-0.2, -0.15) is 0 Å².